The van der Waals surface area contributed by atoms with Gasteiger partial charge >= 0.3 is 76.4 Å². The van der Waals surface area contributed by atoms with E-state index in [4.69, 9.17) is 0 Å². The van der Waals surface area contributed by atoms with Crippen molar-refractivity contribution in [2.24, 2.45) is 0 Å². The molecular formula is C5H6NaTe+. The van der Waals surface area contributed by atoms with Gasteiger partial charge in [-0.25, -0.2) is 0 Å². The van der Waals surface area contributed by atoms with Gasteiger partial charge in [0.25, 0.3) is 0 Å². The molecule has 0 bridgehead atoms. The first-order valence-corrected chi connectivity index (χ1v) is 4.50. The summed E-state index contributed by atoms with van der Waals surface area (Å²) in [6.45, 7) is 0. The SMILES string of the molecule is [NaH].c1cc[te+]cc1. The summed E-state index contributed by atoms with van der Waals surface area (Å²) in [6.07, 6.45) is 0. The summed E-state index contributed by atoms with van der Waals surface area (Å²) in [5.74, 6) is 0. The predicted octanol–water partition coefficient (Wildman–Crippen LogP) is 0.376. The van der Waals surface area contributed by atoms with Gasteiger partial charge < -0.3 is 0 Å². The van der Waals surface area contributed by atoms with Crippen LogP contribution in [0.1, 0.15) is 0 Å². The summed E-state index contributed by atoms with van der Waals surface area (Å²) < 4.78 is 4.51. The van der Waals surface area contributed by atoms with Gasteiger partial charge in [-0.1, -0.05) is 0 Å². The van der Waals surface area contributed by atoms with Crippen molar-refractivity contribution in [2.75, 3.05) is 0 Å². The van der Waals surface area contributed by atoms with E-state index in [0.717, 1.165) is 0 Å². The standard InChI is InChI=1S/C5H5Te.Na.H/c1-2-4-6-5-3-1;;/h1-5H;;/q+1;;. The molecule has 0 aliphatic heterocycles. The van der Waals surface area contributed by atoms with Gasteiger partial charge in [-0.3, -0.25) is 0 Å². The molecule has 0 unspecified atom stereocenters. The zero-order valence-electron chi connectivity index (χ0n) is 3.29. The van der Waals surface area contributed by atoms with E-state index < -0.39 is 0 Å². The van der Waals surface area contributed by atoms with E-state index >= 15 is 0 Å². The molecule has 0 aliphatic carbocycles. The van der Waals surface area contributed by atoms with Gasteiger partial charge in [0.05, 0.1) is 0 Å². The molecule has 2 heteroatoms. The third-order valence-corrected chi connectivity index (χ3v) is 2.33. The molecule has 1 heterocycles. The maximum absolute atomic E-state index is 2.26. The van der Waals surface area contributed by atoms with Crippen molar-refractivity contribution in [1.29, 1.82) is 0 Å². The molecule has 0 N–H and O–H groups in total. The minimum atomic E-state index is 0. The minimum absolute atomic E-state index is 0. The van der Waals surface area contributed by atoms with Crippen molar-refractivity contribution in [1.82, 2.24) is 0 Å². The number of hydrogen-bond donors (Lipinski definition) is 0. The molecule has 1 rings (SSSR count). The van der Waals surface area contributed by atoms with Crippen molar-refractivity contribution >= 4 is 50.0 Å². The molecule has 0 spiro atoms. The summed E-state index contributed by atoms with van der Waals surface area (Å²) in [6, 6.07) is 6.29. The molecular weight excluding hydrogens is 211 g/mol. The third-order valence-electron chi connectivity index (χ3n) is 0.536. The molecule has 0 fully saturated rings. The third kappa shape index (κ3) is 3.70. The fourth-order valence-electron chi connectivity index (χ4n) is 0.291. The van der Waals surface area contributed by atoms with E-state index in [1.807, 2.05) is 0 Å². The first-order chi connectivity index (χ1) is 3.00. The molecule has 0 saturated carbocycles. The quantitative estimate of drug-likeness (QED) is 0.550. The van der Waals surface area contributed by atoms with Crippen LogP contribution in [0.2, 0.25) is 0 Å². The van der Waals surface area contributed by atoms with Crippen LogP contribution in [0.3, 0.4) is 0 Å². The van der Waals surface area contributed by atoms with Gasteiger partial charge in [0.1, 0.15) is 0 Å². The summed E-state index contributed by atoms with van der Waals surface area (Å²) in [5.41, 5.74) is 0. The van der Waals surface area contributed by atoms with E-state index in [0.29, 0.717) is 0 Å². The Bertz CT molecular complexity index is 80.0. The fourth-order valence-corrected chi connectivity index (χ4v) is 1.59. The first kappa shape index (κ1) is 8.14. The molecule has 0 radical (unpaired) electrons. The molecule has 0 aliphatic rings. The normalized spacial score (nSPS) is 6.86. The Labute approximate surface area is 75.5 Å². The first-order valence-electron chi connectivity index (χ1n) is 1.80. The summed E-state index contributed by atoms with van der Waals surface area (Å²) >= 11 is 0.180. The van der Waals surface area contributed by atoms with E-state index in [-0.39, 0.29) is 50.0 Å². The van der Waals surface area contributed by atoms with Gasteiger partial charge in [0, 0.05) is 0 Å². The Morgan fingerprint density at radius 3 is 1.57 bits per heavy atom. The Morgan fingerprint density at radius 1 is 0.857 bits per heavy atom. The molecule has 7 heavy (non-hydrogen) atoms. The van der Waals surface area contributed by atoms with Crippen LogP contribution in [0.25, 0.3) is 0 Å². The Kier molecular flexibility index (Phi) is 6.14. The molecule has 0 atom stereocenters. The van der Waals surface area contributed by atoms with Crippen molar-refractivity contribution in [3.05, 3.63) is 26.4 Å². The molecule has 32 valence electrons. The van der Waals surface area contributed by atoms with E-state index in [9.17, 15) is 0 Å². The summed E-state index contributed by atoms with van der Waals surface area (Å²) in [5, 5.41) is 0. The van der Waals surface area contributed by atoms with Crippen LogP contribution in [0.15, 0.2) is 26.4 Å². The van der Waals surface area contributed by atoms with E-state index in [1.165, 1.54) is 0 Å². The van der Waals surface area contributed by atoms with Crippen LogP contribution in [-0.4, -0.2) is 50.0 Å². The molecule has 0 nitrogen and oxygen atoms in total. The van der Waals surface area contributed by atoms with E-state index in [2.05, 4.69) is 26.4 Å². The van der Waals surface area contributed by atoms with Gasteiger partial charge in [-0.2, -0.15) is 0 Å². The zero-order chi connectivity index (χ0) is 4.24. The molecule has 0 aromatic carbocycles. The van der Waals surface area contributed by atoms with Crippen molar-refractivity contribution < 1.29 is 0 Å². The average molecular weight is 217 g/mol. The van der Waals surface area contributed by atoms with Crippen molar-refractivity contribution in [3.8, 4) is 0 Å². The van der Waals surface area contributed by atoms with Crippen molar-refractivity contribution in [3.63, 3.8) is 0 Å². The van der Waals surface area contributed by atoms with Gasteiger partial charge in [0.2, 0.25) is 0 Å². The average Bonchev–Trinajstić information content (AvgIpc) is 1.72. The van der Waals surface area contributed by atoms with Gasteiger partial charge in [0.15, 0.2) is 0 Å². The molecule has 0 saturated heterocycles. The summed E-state index contributed by atoms with van der Waals surface area (Å²) in [7, 11) is 0. The number of hydrogen-bond acceptors (Lipinski definition) is 0. The second kappa shape index (κ2) is 5.28. The van der Waals surface area contributed by atoms with Crippen LogP contribution in [0.5, 0.6) is 0 Å². The molecule has 1 aromatic heterocycles. The zero-order valence-corrected chi connectivity index (χ0v) is 5.63. The monoisotopic (exact) mass is 219 g/mol. The van der Waals surface area contributed by atoms with Gasteiger partial charge in [-0.15, -0.1) is 0 Å². The Balaban J connectivity index is 0.000000360. The van der Waals surface area contributed by atoms with Gasteiger partial charge in [-0.05, 0) is 0 Å². The van der Waals surface area contributed by atoms with Crippen LogP contribution in [-0.2, 0) is 0 Å². The topological polar surface area (TPSA) is 0 Å². The second-order valence-electron chi connectivity index (χ2n) is 0.986. The van der Waals surface area contributed by atoms with E-state index in [1.54, 1.807) is 0 Å². The second-order valence-corrected chi connectivity index (χ2v) is 3.32. The fraction of sp³-hybridized carbons (Fsp3) is 0. The summed E-state index contributed by atoms with van der Waals surface area (Å²) in [4.78, 5) is 0. The van der Waals surface area contributed by atoms with Crippen LogP contribution >= 0.6 is 0 Å². The van der Waals surface area contributed by atoms with Crippen LogP contribution < -0.4 is 0 Å². The van der Waals surface area contributed by atoms with Crippen LogP contribution in [0, 0.1) is 0 Å². The van der Waals surface area contributed by atoms with Crippen molar-refractivity contribution in [2.45, 2.75) is 0 Å². The molecule has 1 aromatic rings. The van der Waals surface area contributed by atoms with Crippen LogP contribution in [0.4, 0.5) is 0 Å². The maximum atomic E-state index is 2.26. The Morgan fingerprint density at radius 2 is 1.43 bits per heavy atom. The molecule has 0 amide bonds. The predicted molar refractivity (Wildman–Crippen MR) is 34.9 cm³/mol. The number of rotatable bonds is 0. The Hall–Kier alpha value is 1.14.